The number of ether oxygens (including phenoxy) is 1. The molecule has 112 valence electrons. The monoisotopic (exact) mass is 277 g/mol. The fourth-order valence-electron chi connectivity index (χ4n) is 2.72. The highest BCUT2D eigenvalue weighted by Gasteiger charge is 2.45. The molecular formula is C17H27NO2. The minimum atomic E-state index is -0.299. The maximum absolute atomic E-state index is 9.87. The molecule has 0 saturated heterocycles. The van der Waals surface area contributed by atoms with Gasteiger partial charge < -0.3 is 15.2 Å². The number of rotatable bonds is 7. The van der Waals surface area contributed by atoms with Crippen LogP contribution in [0.3, 0.4) is 0 Å². The van der Waals surface area contributed by atoms with Gasteiger partial charge >= 0.3 is 0 Å². The van der Waals surface area contributed by atoms with Crippen LogP contribution in [0.15, 0.2) is 18.2 Å². The maximum atomic E-state index is 9.87. The highest BCUT2D eigenvalue weighted by molar-refractivity contribution is 5.33. The lowest BCUT2D eigenvalue weighted by Crippen LogP contribution is -2.57. The molecule has 20 heavy (non-hydrogen) atoms. The number of aliphatic hydroxyl groups is 1. The molecule has 1 aromatic carbocycles. The van der Waals surface area contributed by atoms with Gasteiger partial charge in [-0.05, 0) is 55.9 Å². The van der Waals surface area contributed by atoms with Gasteiger partial charge in [-0.15, -0.1) is 0 Å². The van der Waals surface area contributed by atoms with Crippen LogP contribution in [0.2, 0.25) is 0 Å². The Bertz CT molecular complexity index is 454. The average Bonchev–Trinajstić information content (AvgIpc) is 3.23. The molecule has 0 heterocycles. The molecule has 0 aromatic heterocycles. The van der Waals surface area contributed by atoms with Crippen LogP contribution in [0.1, 0.15) is 37.8 Å². The van der Waals surface area contributed by atoms with Gasteiger partial charge in [0.2, 0.25) is 0 Å². The third-order valence-electron chi connectivity index (χ3n) is 4.19. The van der Waals surface area contributed by atoms with Crippen molar-refractivity contribution in [2.75, 3.05) is 13.2 Å². The summed E-state index contributed by atoms with van der Waals surface area (Å²) in [4.78, 5) is 0. The molecule has 1 atom stereocenters. The van der Waals surface area contributed by atoms with Crippen LogP contribution in [0.5, 0.6) is 5.75 Å². The molecule has 1 aromatic rings. The number of aryl methyl sites for hydroxylation is 2. The van der Waals surface area contributed by atoms with E-state index in [1.807, 2.05) is 6.07 Å². The van der Waals surface area contributed by atoms with E-state index in [4.69, 9.17) is 4.74 Å². The average molecular weight is 277 g/mol. The second-order valence-corrected chi connectivity index (χ2v) is 6.42. The fourth-order valence-corrected chi connectivity index (χ4v) is 2.72. The van der Waals surface area contributed by atoms with Crippen molar-refractivity contribution >= 4 is 0 Å². The molecule has 0 amide bonds. The first-order chi connectivity index (χ1) is 9.47. The van der Waals surface area contributed by atoms with E-state index in [0.29, 0.717) is 18.6 Å². The Morgan fingerprint density at radius 3 is 2.50 bits per heavy atom. The van der Waals surface area contributed by atoms with Crippen molar-refractivity contribution in [3.63, 3.8) is 0 Å². The van der Waals surface area contributed by atoms with Crippen LogP contribution in [-0.4, -0.2) is 29.9 Å². The second kappa shape index (κ2) is 6.15. The summed E-state index contributed by atoms with van der Waals surface area (Å²) in [6.07, 6.45) is 2.35. The molecule has 1 unspecified atom stereocenters. The van der Waals surface area contributed by atoms with Gasteiger partial charge in [-0.1, -0.05) is 19.9 Å². The Morgan fingerprint density at radius 2 is 2.00 bits per heavy atom. The molecular weight excluding hydrogens is 250 g/mol. The molecule has 3 nitrogen and oxygen atoms in total. The normalized spacial score (nSPS) is 18.1. The predicted molar refractivity (Wildman–Crippen MR) is 82.2 cm³/mol. The molecule has 1 aliphatic rings. The number of benzene rings is 1. The first-order valence-electron chi connectivity index (χ1n) is 7.55. The topological polar surface area (TPSA) is 41.5 Å². The van der Waals surface area contributed by atoms with Gasteiger partial charge in [-0.3, -0.25) is 0 Å². The Kier molecular flexibility index (Phi) is 4.71. The Balaban J connectivity index is 2.06. The summed E-state index contributed by atoms with van der Waals surface area (Å²) in [7, 11) is 0. The molecule has 3 heteroatoms. The lowest BCUT2D eigenvalue weighted by Gasteiger charge is -2.35. The Morgan fingerprint density at radius 1 is 1.30 bits per heavy atom. The molecule has 0 bridgehead atoms. The fraction of sp³-hybridized carbons (Fsp3) is 0.647. The molecule has 1 aliphatic carbocycles. The standard InChI is InChI=1S/C17H27NO2/c1-12(2)18-17(10-19,15-6-7-15)11-20-16-8-5-13(3)14(4)9-16/h5,8-9,12,15,18-19H,6-7,10-11H2,1-4H3. The van der Waals surface area contributed by atoms with E-state index in [1.54, 1.807) is 0 Å². The Labute approximate surface area is 122 Å². The summed E-state index contributed by atoms with van der Waals surface area (Å²) in [6.45, 7) is 9.07. The Hall–Kier alpha value is -1.06. The number of hydrogen-bond donors (Lipinski definition) is 2. The third kappa shape index (κ3) is 3.53. The summed E-state index contributed by atoms with van der Waals surface area (Å²) in [5, 5.41) is 13.4. The lowest BCUT2D eigenvalue weighted by molar-refractivity contribution is 0.0778. The van der Waals surface area contributed by atoms with Crippen LogP contribution in [0, 0.1) is 19.8 Å². The molecule has 2 N–H and O–H groups in total. The van der Waals surface area contributed by atoms with Gasteiger partial charge in [0.15, 0.2) is 0 Å². The van der Waals surface area contributed by atoms with Crippen LogP contribution >= 0.6 is 0 Å². The van der Waals surface area contributed by atoms with Crippen molar-refractivity contribution in [2.45, 2.75) is 52.1 Å². The van der Waals surface area contributed by atoms with Gasteiger partial charge in [0, 0.05) is 6.04 Å². The highest BCUT2D eigenvalue weighted by Crippen LogP contribution is 2.40. The van der Waals surface area contributed by atoms with Crippen molar-refractivity contribution in [2.24, 2.45) is 5.92 Å². The van der Waals surface area contributed by atoms with Crippen molar-refractivity contribution in [1.82, 2.24) is 5.32 Å². The zero-order valence-electron chi connectivity index (χ0n) is 13.1. The van der Waals surface area contributed by atoms with Gasteiger partial charge in [-0.2, -0.15) is 0 Å². The summed E-state index contributed by atoms with van der Waals surface area (Å²) >= 11 is 0. The highest BCUT2D eigenvalue weighted by atomic mass is 16.5. The van der Waals surface area contributed by atoms with Crippen molar-refractivity contribution < 1.29 is 9.84 Å². The largest absolute Gasteiger partial charge is 0.492 e. The van der Waals surface area contributed by atoms with E-state index in [2.05, 4.69) is 45.1 Å². The van der Waals surface area contributed by atoms with Crippen LogP contribution in [-0.2, 0) is 0 Å². The van der Waals surface area contributed by atoms with Crippen LogP contribution < -0.4 is 10.1 Å². The molecule has 0 aliphatic heterocycles. The smallest absolute Gasteiger partial charge is 0.119 e. The van der Waals surface area contributed by atoms with Gasteiger partial charge in [0.1, 0.15) is 12.4 Å². The van der Waals surface area contributed by atoms with Gasteiger partial charge in [-0.25, -0.2) is 0 Å². The number of hydrogen-bond acceptors (Lipinski definition) is 3. The van der Waals surface area contributed by atoms with Crippen LogP contribution in [0.25, 0.3) is 0 Å². The summed E-state index contributed by atoms with van der Waals surface area (Å²) in [5.74, 6) is 1.42. The lowest BCUT2D eigenvalue weighted by atomic mass is 9.94. The predicted octanol–water partition coefficient (Wildman–Crippen LogP) is 2.82. The van der Waals surface area contributed by atoms with E-state index in [-0.39, 0.29) is 12.1 Å². The number of aliphatic hydroxyl groups excluding tert-OH is 1. The minimum Gasteiger partial charge on any atom is -0.492 e. The maximum Gasteiger partial charge on any atom is 0.119 e. The zero-order valence-corrected chi connectivity index (χ0v) is 13.1. The van der Waals surface area contributed by atoms with E-state index >= 15 is 0 Å². The molecule has 0 spiro atoms. The SMILES string of the molecule is Cc1ccc(OCC(CO)(NC(C)C)C2CC2)cc1C. The summed E-state index contributed by atoms with van der Waals surface area (Å²) < 4.78 is 5.98. The van der Waals surface area contributed by atoms with Gasteiger partial charge in [0.05, 0.1) is 12.1 Å². The van der Waals surface area contributed by atoms with E-state index in [9.17, 15) is 5.11 Å². The third-order valence-corrected chi connectivity index (χ3v) is 4.19. The first-order valence-corrected chi connectivity index (χ1v) is 7.55. The van der Waals surface area contributed by atoms with E-state index in [1.165, 1.54) is 24.0 Å². The molecule has 0 radical (unpaired) electrons. The minimum absolute atomic E-state index is 0.126. The van der Waals surface area contributed by atoms with E-state index < -0.39 is 0 Å². The van der Waals surface area contributed by atoms with Crippen molar-refractivity contribution in [3.8, 4) is 5.75 Å². The van der Waals surface area contributed by atoms with E-state index in [0.717, 1.165) is 5.75 Å². The molecule has 1 saturated carbocycles. The summed E-state index contributed by atoms with van der Waals surface area (Å²) in [6, 6.07) is 6.50. The van der Waals surface area contributed by atoms with Crippen LogP contribution in [0.4, 0.5) is 0 Å². The quantitative estimate of drug-likeness (QED) is 0.805. The zero-order chi connectivity index (χ0) is 14.8. The van der Waals surface area contributed by atoms with Gasteiger partial charge in [0.25, 0.3) is 0 Å². The first kappa shape index (κ1) is 15.3. The van der Waals surface area contributed by atoms with Crippen molar-refractivity contribution in [1.29, 1.82) is 0 Å². The number of nitrogens with one attached hydrogen (secondary N) is 1. The molecule has 2 rings (SSSR count). The molecule has 1 fully saturated rings. The van der Waals surface area contributed by atoms with Crippen molar-refractivity contribution in [3.05, 3.63) is 29.3 Å². The second-order valence-electron chi connectivity index (χ2n) is 6.42. The summed E-state index contributed by atoms with van der Waals surface area (Å²) in [5.41, 5.74) is 2.21.